The van der Waals surface area contributed by atoms with Crippen LogP contribution in [0.3, 0.4) is 0 Å². The summed E-state index contributed by atoms with van der Waals surface area (Å²) in [5, 5.41) is 8.94. The lowest BCUT2D eigenvalue weighted by atomic mass is 10.4. The molecule has 0 saturated carbocycles. The van der Waals surface area contributed by atoms with E-state index >= 15 is 0 Å². The standard InChI is InChI=1S/C11H16N4OS/c1-4-6-15-8(2)12-13-11(15)17-9-5-7-14(3)10(9)16/h4,9H,1,5-7H2,2-3H3. The molecule has 5 nitrogen and oxygen atoms in total. The summed E-state index contributed by atoms with van der Waals surface area (Å²) >= 11 is 1.50. The first-order valence-corrected chi connectivity index (χ1v) is 6.43. The van der Waals surface area contributed by atoms with E-state index in [4.69, 9.17) is 0 Å². The van der Waals surface area contributed by atoms with Gasteiger partial charge in [0.2, 0.25) is 5.91 Å². The maximum Gasteiger partial charge on any atom is 0.235 e. The number of thioether (sulfide) groups is 1. The van der Waals surface area contributed by atoms with E-state index in [1.807, 2.05) is 24.6 Å². The van der Waals surface area contributed by atoms with E-state index in [1.54, 1.807) is 4.90 Å². The van der Waals surface area contributed by atoms with Crippen LogP contribution < -0.4 is 0 Å². The number of aromatic nitrogens is 3. The van der Waals surface area contributed by atoms with Gasteiger partial charge in [0.1, 0.15) is 5.82 Å². The largest absolute Gasteiger partial charge is 0.345 e. The monoisotopic (exact) mass is 252 g/mol. The molecule has 0 aromatic carbocycles. The number of aryl methyl sites for hydroxylation is 1. The van der Waals surface area contributed by atoms with Gasteiger partial charge in [0, 0.05) is 20.1 Å². The first-order valence-electron chi connectivity index (χ1n) is 5.56. The van der Waals surface area contributed by atoms with Crippen molar-refractivity contribution in [3.8, 4) is 0 Å². The van der Waals surface area contributed by atoms with Crippen molar-refractivity contribution in [1.82, 2.24) is 19.7 Å². The highest BCUT2D eigenvalue weighted by atomic mass is 32.2. The van der Waals surface area contributed by atoms with E-state index < -0.39 is 0 Å². The van der Waals surface area contributed by atoms with Gasteiger partial charge < -0.3 is 9.47 Å². The van der Waals surface area contributed by atoms with E-state index in [-0.39, 0.29) is 11.2 Å². The molecule has 92 valence electrons. The van der Waals surface area contributed by atoms with Crippen LogP contribution in [0.5, 0.6) is 0 Å². The molecule has 1 saturated heterocycles. The van der Waals surface area contributed by atoms with Crippen LogP contribution in [0.2, 0.25) is 0 Å². The van der Waals surface area contributed by atoms with Crippen molar-refractivity contribution in [1.29, 1.82) is 0 Å². The van der Waals surface area contributed by atoms with Gasteiger partial charge in [-0.15, -0.1) is 16.8 Å². The zero-order valence-corrected chi connectivity index (χ0v) is 10.9. The Bertz CT molecular complexity index is 443. The predicted octanol–water partition coefficient (Wildman–Crippen LogP) is 1.10. The molecule has 0 aliphatic carbocycles. The Morgan fingerprint density at radius 1 is 1.59 bits per heavy atom. The van der Waals surface area contributed by atoms with E-state index in [1.165, 1.54) is 11.8 Å². The van der Waals surface area contributed by atoms with Gasteiger partial charge in [-0.1, -0.05) is 17.8 Å². The summed E-state index contributed by atoms with van der Waals surface area (Å²) < 4.78 is 1.98. The van der Waals surface area contributed by atoms with Crippen LogP contribution in [0, 0.1) is 6.92 Å². The first-order chi connectivity index (χ1) is 8.13. The van der Waals surface area contributed by atoms with E-state index in [0.29, 0.717) is 6.54 Å². The lowest BCUT2D eigenvalue weighted by Gasteiger charge is -2.10. The molecule has 1 aromatic rings. The summed E-state index contributed by atoms with van der Waals surface area (Å²) in [5.74, 6) is 1.03. The highest BCUT2D eigenvalue weighted by Gasteiger charge is 2.31. The number of carbonyl (C=O) groups excluding carboxylic acids is 1. The zero-order chi connectivity index (χ0) is 12.4. The minimum atomic E-state index is -0.0211. The van der Waals surface area contributed by atoms with E-state index in [9.17, 15) is 4.79 Å². The molecule has 1 aliphatic heterocycles. The number of nitrogens with zero attached hydrogens (tertiary/aromatic N) is 4. The van der Waals surface area contributed by atoms with Crippen molar-refractivity contribution in [3.63, 3.8) is 0 Å². The molecule has 1 aliphatic rings. The summed E-state index contributed by atoms with van der Waals surface area (Å²) in [6.45, 7) is 7.12. The average molecular weight is 252 g/mol. The number of hydrogen-bond donors (Lipinski definition) is 0. The Balaban J connectivity index is 2.13. The van der Waals surface area contributed by atoms with E-state index in [2.05, 4.69) is 16.8 Å². The molecule has 17 heavy (non-hydrogen) atoms. The maximum absolute atomic E-state index is 11.8. The fraction of sp³-hybridized carbons (Fsp3) is 0.545. The molecule has 0 spiro atoms. The van der Waals surface area contributed by atoms with Crippen molar-refractivity contribution >= 4 is 17.7 Å². The minimum absolute atomic E-state index is 0.0211. The molecule has 1 aromatic heterocycles. The summed E-state index contributed by atoms with van der Waals surface area (Å²) in [6.07, 6.45) is 2.68. The third-order valence-electron chi connectivity index (χ3n) is 2.84. The Morgan fingerprint density at radius 3 is 2.94 bits per heavy atom. The number of rotatable bonds is 4. The lowest BCUT2D eigenvalue weighted by molar-refractivity contribution is -0.126. The maximum atomic E-state index is 11.8. The molecule has 0 N–H and O–H groups in total. The van der Waals surface area contributed by atoms with Crippen LogP contribution in [-0.2, 0) is 11.3 Å². The topological polar surface area (TPSA) is 51.0 Å². The SMILES string of the molecule is C=CCn1c(C)nnc1SC1CCN(C)C1=O. The Hall–Kier alpha value is -1.30. The minimum Gasteiger partial charge on any atom is -0.345 e. The molecular weight excluding hydrogens is 236 g/mol. The zero-order valence-electron chi connectivity index (χ0n) is 10.1. The van der Waals surface area contributed by atoms with Crippen LogP contribution in [0.25, 0.3) is 0 Å². The Morgan fingerprint density at radius 2 is 2.35 bits per heavy atom. The third kappa shape index (κ3) is 2.36. The van der Waals surface area contributed by atoms with Gasteiger partial charge in [-0.2, -0.15) is 0 Å². The van der Waals surface area contributed by atoms with Gasteiger partial charge >= 0.3 is 0 Å². The summed E-state index contributed by atoms with van der Waals surface area (Å²) in [4.78, 5) is 13.6. The van der Waals surface area contributed by atoms with Crippen LogP contribution in [0.1, 0.15) is 12.2 Å². The molecular formula is C11H16N4OS. The van der Waals surface area contributed by atoms with Crippen LogP contribution >= 0.6 is 11.8 Å². The molecule has 0 radical (unpaired) electrons. The van der Waals surface area contributed by atoms with Crippen molar-refractivity contribution < 1.29 is 4.79 Å². The molecule has 2 rings (SSSR count). The second-order valence-corrected chi connectivity index (χ2v) is 5.25. The molecule has 1 atom stereocenters. The summed E-state index contributed by atoms with van der Waals surface area (Å²) in [6, 6.07) is 0. The van der Waals surface area contributed by atoms with Crippen LogP contribution in [0.4, 0.5) is 0 Å². The smallest absolute Gasteiger partial charge is 0.235 e. The van der Waals surface area contributed by atoms with Gasteiger partial charge in [0.15, 0.2) is 5.16 Å². The second kappa shape index (κ2) is 4.91. The molecule has 0 bridgehead atoms. The Kier molecular flexibility index (Phi) is 3.51. The summed E-state index contributed by atoms with van der Waals surface area (Å²) in [7, 11) is 1.84. The van der Waals surface area contributed by atoms with Crippen molar-refractivity contribution in [3.05, 3.63) is 18.5 Å². The quantitative estimate of drug-likeness (QED) is 0.753. The number of carbonyl (C=O) groups is 1. The number of amides is 1. The highest BCUT2D eigenvalue weighted by Crippen LogP contribution is 2.29. The number of hydrogen-bond acceptors (Lipinski definition) is 4. The summed E-state index contributed by atoms with van der Waals surface area (Å²) in [5.41, 5.74) is 0. The van der Waals surface area contributed by atoms with Crippen LogP contribution in [0.15, 0.2) is 17.8 Å². The molecule has 2 heterocycles. The molecule has 1 unspecified atom stereocenters. The van der Waals surface area contributed by atoms with Gasteiger partial charge in [0.05, 0.1) is 5.25 Å². The van der Waals surface area contributed by atoms with Crippen molar-refractivity contribution in [2.45, 2.75) is 30.3 Å². The third-order valence-corrected chi connectivity index (χ3v) is 4.07. The van der Waals surface area contributed by atoms with Crippen LogP contribution in [-0.4, -0.2) is 44.4 Å². The van der Waals surface area contributed by atoms with Gasteiger partial charge in [-0.05, 0) is 13.3 Å². The lowest BCUT2D eigenvalue weighted by Crippen LogP contribution is -2.24. The van der Waals surface area contributed by atoms with Crippen molar-refractivity contribution in [2.24, 2.45) is 0 Å². The first kappa shape index (κ1) is 12.2. The highest BCUT2D eigenvalue weighted by molar-refractivity contribution is 8.00. The van der Waals surface area contributed by atoms with Crippen molar-refractivity contribution in [2.75, 3.05) is 13.6 Å². The average Bonchev–Trinajstić information content (AvgIpc) is 2.80. The number of allylic oxidation sites excluding steroid dienone is 1. The normalized spacial score (nSPS) is 20.0. The van der Waals surface area contributed by atoms with E-state index in [0.717, 1.165) is 23.9 Å². The van der Waals surface area contributed by atoms with Gasteiger partial charge in [-0.3, -0.25) is 4.79 Å². The molecule has 1 amide bonds. The van der Waals surface area contributed by atoms with Gasteiger partial charge in [-0.25, -0.2) is 0 Å². The van der Waals surface area contributed by atoms with Gasteiger partial charge in [0.25, 0.3) is 0 Å². The fourth-order valence-electron chi connectivity index (χ4n) is 1.81. The molecule has 6 heteroatoms. The Labute approximate surface area is 105 Å². The molecule has 1 fully saturated rings. The number of likely N-dealkylation sites (tertiary alicyclic amines) is 1. The second-order valence-electron chi connectivity index (χ2n) is 4.08. The fourth-order valence-corrected chi connectivity index (χ4v) is 3.00. The predicted molar refractivity (Wildman–Crippen MR) is 66.9 cm³/mol.